The highest BCUT2D eigenvalue weighted by molar-refractivity contribution is 6.04. The van der Waals surface area contributed by atoms with E-state index < -0.39 is 0 Å². The molecule has 1 aliphatic carbocycles. The number of amides is 1. The van der Waals surface area contributed by atoms with Gasteiger partial charge in [-0.3, -0.25) is 9.59 Å². The summed E-state index contributed by atoms with van der Waals surface area (Å²) >= 11 is 0. The van der Waals surface area contributed by atoms with E-state index in [0.29, 0.717) is 23.0 Å². The molecular weight excluding hydrogens is 302 g/mol. The minimum Gasteiger partial charge on any atom is -0.330 e. The molecule has 1 aromatic heterocycles. The molecule has 2 aromatic carbocycles. The number of nitrogens with one attached hydrogen (secondary N) is 1. The SMILES string of the molecule is O=C(c1n[nH]c(=O)c2ccccc12)N(Cc1ccccc1)C1CC1. The summed E-state index contributed by atoms with van der Waals surface area (Å²) in [5, 5.41) is 7.59. The minimum absolute atomic E-state index is 0.131. The van der Waals surface area contributed by atoms with Gasteiger partial charge in [0, 0.05) is 18.0 Å². The van der Waals surface area contributed by atoms with Gasteiger partial charge in [-0.2, -0.15) is 5.10 Å². The summed E-state index contributed by atoms with van der Waals surface area (Å²) in [5.41, 5.74) is 1.13. The Labute approximate surface area is 138 Å². The molecule has 1 saturated carbocycles. The lowest BCUT2D eigenvalue weighted by molar-refractivity contribution is 0.0725. The second-order valence-electron chi connectivity index (χ2n) is 6.10. The number of nitrogens with zero attached hydrogens (tertiary/aromatic N) is 2. The van der Waals surface area contributed by atoms with Crippen LogP contribution in [0.1, 0.15) is 28.9 Å². The highest BCUT2D eigenvalue weighted by Crippen LogP contribution is 2.30. The highest BCUT2D eigenvalue weighted by Gasteiger charge is 2.34. The molecule has 1 N–H and O–H groups in total. The molecule has 0 bridgehead atoms. The average Bonchev–Trinajstić information content (AvgIpc) is 3.46. The van der Waals surface area contributed by atoms with E-state index in [1.165, 1.54) is 0 Å². The first-order valence-electron chi connectivity index (χ1n) is 8.06. The van der Waals surface area contributed by atoms with E-state index in [4.69, 9.17) is 0 Å². The molecular formula is C19H17N3O2. The maximum atomic E-state index is 13.1. The number of rotatable bonds is 4. The van der Waals surface area contributed by atoms with Crippen LogP contribution in [0.25, 0.3) is 10.8 Å². The summed E-state index contributed by atoms with van der Waals surface area (Å²) in [4.78, 5) is 26.9. The van der Waals surface area contributed by atoms with Crippen LogP contribution in [-0.2, 0) is 6.54 Å². The minimum atomic E-state index is -0.275. The summed E-state index contributed by atoms with van der Waals surface area (Å²) in [7, 11) is 0. The van der Waals surface area contributed by atoms with Gasteiger partial charge >= 0.3 is 0 Å². The third-order valence-corrected chi connectivity index (χ3v) is 4.34. The van der Waals surface area contributed by atoms with Crippen LogP contribution in [0.15, 0.2) is 59.4 Å². The normalized spacial score (nSPS) is 13.8. The van der Waals surface area contributed by atoms with E-state index in [1.54, 1.807) is 18.2 Å². The quantitative estimate of drug-likeness (QED) is 0.804. The van der Waals surface area contributed by atoms with Gasteiger partial charge in [-0.05, 0) is 24.5 Å². The summed E-state index contributed by atoms with van der Waals surface area (Å²) in [5.74, 6) is -0.131. The van der Waals surface area contributed by atoms with Crippen LogP contribution in [0.4, 0.5) is 0 Å². The second-order valence-corrected chi connectivity index (χ2v) is 6.10. The lowest BCUT2D eigenvalue weighted by atomic mass is 10.1. The smallest absolute Gasteiger partial charge is 0.275 e. The number of aromatic nitrogens is 2. The Kier molecular flexibility index (Phi) is 3.61. The van der Waals surface area contributed by atoms with Crippen molar-refractivity contribution in [3.63, 3.8) is 0 Å². The molecule has 3 aromatic rings. The van der Waals surface area contributed by atoms with Crippen molar-refractivity contribution < 1.29 is 4.79 Å². The summed E-state index contributed by atoms with van der Waals surface area (Å²) in [6, 6.07) is 17.3. The average molecular weight is 319 g/mol. The molecule has 4 rings (SSSR count). The van der Waals surface area contributed by atoms with Crippen LogP contribution in [-0.4, -0.2) is 27.0 Å². The van der Waals surface area contributed by atoms with Crippen molar-refractivity contribution >= 4 is 16.7 Å². The Hall–Kier alpha value is -2.95. The largest absolute Gasteiger partial charge is 0.330 e. The van der Waals surface area contributed by atoms with E-state index in [0.717, 1.165) is 18.4 Å². The first-order chi connectivity index (χ1) is 11.7. The Morgan fingerprint density at radius 3 is 2.42 bits per heavy atom. The third kappa shape index (κ3) is 2.69. The first kappa shape index (κ1) is 14.6. The Balaban J connectivity index is 1.74. The maximum absolute atomic E-state index is 13.1. The molecule has 1 aliphatic rings. The number of hydrogen-bond acceptors (Lipinski definition) is 3. The lowest BCUT2D eigenvalue weighted by Crippen LogP contribution is -2.34. The van der Waals surface area contributed by atoms with Crippen molar-refractivity contribution in [2.45, 2.75) is 25.4 Å². The number of carbonyl (C=O) groups is 1. The number of carbonyl (C=O) groups excluding carboxylic acids is 1. The van der Waals surface area contributed by atoms with Crippen molar-refractivity contribution in [2.75, 3.05) is 0 Å². The standard InChI is InChI=1S/C19H17N3O2/c23-18-16-9-5-4-8-15(16)17(20-21-18)19(24)22(14-10-11-14)12-13-6-2-1-3-7-13/h1-9,14H,10-12H2,(H,21,23). The van der Waals surface area contributed by atoms with Gasteiger partial charge in [-0.1, -0.05) is 48.5 Å². The van der Waals surface area contributed by atoms with Gasteiger partial charge in [0.1, 0.15) is 0 Å². The predicted octanol–water partition coefficient (Wildman–Crippen LogP) is 2.73. The van der Waals surface area contributed by atoms with E-state index in [1.807, 2.05) is 41.3 Å². The number of fused-ring (bicyclic) bond motifs is 1. The molecule has 1 heterocycles. The zero-order valence-corrected chi connectivity index (χ0v) is 13.1. The summed E-state index contributed by atoms with van der Waals surface area (Å²) < 4.78 is 0. The van der Waals surface area contributed by atoms with Crippen LogP contribution in [0.2, 0.25) is 0 Å². The molecule has 1 fully saturated rings. The van der Waals surface area contributed by atoms with Crippen molar-refractivity contribution in [1.29, 1.82) is 0 Å². The number of H-pyrrole nitrogens is 1. The fraction of sp³-hybridized carbons (Fsp3) is 0.211. The van der Waals surface area contributed by atoms with E-state index in [9.17, 15) is 9.59 Å². The van der Waals surface area contributed by atoms with Crippen LogP contribution < -0.4 is 5.56 Å². The Morgan fingerprint density at radius 1 is 1.04 bits per heavy atom. The third-order valence-electron chi connectivity index (χ3n) is 4.34. The fourth-order valence-corrected chi connectivity index (χ4v) is 2.95. The van der Waals surface area contributed by atoms with Crippen LogP contribution in [0.3, 0.4) is 0 Å². The lowest BCUT2D eigenvalue weighted by Gasteiger charge is -2.22. The van der Waals surface area contributed by atoms with Crippen molar-refractivity contribution in [3.8, 4) is 0 Å². The van der Waals surface area contributed by atoms with Crippen molar-refractivity contribution in [3.05, 3.63) is 76.2 Å². The molecule has 1 amide bonds. The monoisotopic (exact) mass is 319 g/mol. The van der Waals surface area contributed by atoms with Crippen LogP contribution >= 0.6 is 0 Å². The van der Waals surface area contributed by atoms with Gasteiger partial charge in [0.25, 0.3) is 11.5 Å². The topological polar surface area (TPSA) is 66.1 Å². The van der Waals surface area contributed by atoms with E-state index in [-0.39, 0.29) is 17.5 Å². The van der Waals surface area contributed by atoms with E-state index in [2.05, 4.69) is 10.2 Å². The second kappa shape index (κ2) is 5.92. The molecule has 24 heavy (non-hydrogen) atoms. The highest BCUT2D eigenvalue weighted by atomic mass is 16.2. The Morgan fingerprint density at radius 2 is 1.71 bits per heavy atom. The van der Waals surface area contributed by atoms with Crippen molar-refractivity contribution in [2.24, 2.45) is 0 Å². The summed E-state index contributed by atoms with van der Waals surface area (Å²) in [6.07, 6.45) is 2.03. The van der Waals surface area contributed by atoms with Gasteiger partial charge in [0.2, 0.25) is 0 Å². The van der Waals surface area contributed by atoms with Gasteiger partial charge in [0.15, 0.2) is 5.69 Å². The maximum Gasteiger partial charge on any atom is 0.275 e. The van der Waals surface area contributed by atoms with Crippen molar-refractivity contribution in [1.82, 2.24) is 15.1 Å². The van der Waals surface area contributed by atoms with Crippen LogP contribution in [0.5, 0.6) is 0 Å². The molecule has 0 radical (unpaired) electrons. The zero-order valence-electron chi connectivity index (χ0n) is 13.1. The number of hydrogen-bond donors (Lipinski definition) is 1. The van der Waals surface area contributed by atoms with Gasteiger partial charge in [0.05, 0.1) is 5.39 Å². The molecule has 0 unspecified atom stereocenters. The zero-order chi connectivity index (χ0) is 16.5. The molecule has 0 saturated heterocycles. The predicted molar refractivity (Wildman–Crippen MR) is 91.7 cm³/mol. The van der Waals surface area contributed by atoms with Gasteiger partial charge in [-0.25, -0.2) is 5.10 Å². The Bertz CT molecular complexity index is 945. The van der Waals surface area contributed by atoms with Gasteiger partial charge < -0.3 is 4.90 Å². The molecule has 0 atom stereocenters. The molecule has 0 spiro atoms. The van der Waals surface area contributed by atoms with Crippen LogP contribution in [0, 0.1) is 0 Å². The number of benzene rings is 2. The number of aromatic amines is 1. The molecule has 0 aliphatic heterocycles. The first-order valence-corrected chi connectivity index (χ1v) is 8.06. The summed E-state index contributed by atoms with van der Waals surface area (Å²) in [6.45, 7) is 0.555. The fourth-order valence-electron chi connectivity index (χ4n) is 2.95. The van der Waals surface area contributed by atoms with Gasteiger partial charge in [-0.15, -0.1) is 0 Å². The molecule has 5 nitrogen and oxygen atoms in total. The molecule has 120 valence electrons. The van der Waals surface area contributed by atoms with E-state index >= 15 is 0 Å². The molecule has 5 heteroatoms.